The number of carbonyl (C=O) groups is 1. The number of hydrogen-bond acceptors (Lipinski definition) is 3. The maximum atomic E-state index is 12.0. The molecule has 0 aliphatic heterocycles. The first-order valence-corrected chi connectivity index (χ1v) is 5.81. The smallest absolute Gasteiger partial charge is 0.255 e. The number of nitrogens with one attached hydrogen (secondary N) is 2. The van der Waals surface area contributed by atoms with Gasteiger partial charge in [0, 0.05) is 11.8 Å². The van der Waals surface area contributed by atoms with Crippen LogP contribution in [0.1, 0.15) is 21.7 Å². The Hall–Kier alpha value is -1.69. The molecule has 1 amide bonds. The minimum Gasteiger partial charge on any atom is -0.319 e. The van der Waals surface area contributed by atoms with Crippen molar-refractivity contribution in [2.24, 2.45) is 0 Å². The van der Waals surface area contributed by atoms with Crippen LogP contribution in [0.5, 0.6) is 0 Å². The fourth-order valence-electron chi connectivity index (χ4n) is 1.46. The Morgan fingerprint density at radius 2 is 2.24 bits per heavy atom. The van der Waals surface area contributed by atoms with E-state index in [-0.39, 0.29) is 5.91 Å². The van der Waals surface area contributed by atoms with Crippen molar-refractivity contribution < 1.29 is 4.79 Å². The first-order chi connectivity index (χ1) is 8.08. The molecule has 0 atom stereocenters. The zero-order valence-corrected chi connectivity index (χ0v) is 11.0. The highest BCUT2D eigenvalue weighted by Crippen LogP contribution is 2.17. The Morgan fingerprint density at radius 3 is 2.82 bits per heavy atom. The van der Waals surface area contributed by atoms with E-state index in [0.717, 1.165) is 17.1 Å². The fraction of sp³-hybridized carbons (Fsp3) is 0.182. The molecule has 0 aliphatic carbocycles. The summed E-state index contributed by atoms with van der Waals surface area (Å²) in [6.07, 6.45) is 1.58. The van der Waals surface area contributed by atoms with E-state index in [0.29, 0.717) is 10.2 Å². The van der Waals surface area contributed by atoms with Gasteiger partial charge >= 0.3 is 0 Å². The van der Waals surface area contributed by atoms with E-state index in [4.69, 9.17) is 0 Å². The number of anilines is 1. The molecule has 88 valence electrons. The van der Waals surface area contributed by atoms with Crippen LogP contribution in [0.4, 0.5) is 5.69 Å². The van der Waals surface area contributed by atoms with Crippen LogP contribution in [0.15, 0.2) is 22.9 Å². The van der Waals surface area contributed by atoms with Crippen molar-refractivity contribution in [2.45, 2.75) is 13.8 Å². The molecule has 2 heterocycles. The van der Waals surface area contributed by atoms with Crippen LogP contribution in [0.3, 0.4) is 0 Å². The standard InChI is InChI=1S/C11H11BrN4O/c1-6-10(7(2)16-15-6)14-11(17)8-3-4-13-9(12)5-8/h3-5H,1-2H3,(H,14,17)(H,15,16). The maximum absolute atomic E-state index is 12.0. The van der Waals surface area contributed by atoms with Crippen molar-refractivity contribution >= 4 is 27.5 Å². The Balaban J connectivity index is 2.23. The van der Waals surface area contributed by atoms with Gasteiger partial charge in [0.2, 0.25) is 0 Å². The van der Waals surface area contributed by atoms with Crippen molar-refractivity contribution in [1.82, 2.24) is 15.2 Å². The molecule has 2 aromatic rings. The van der Waals surface area contributed by atoms with E-state index >= 15 is 0 Å². The molecule has 17 heavy (non-hydrogen) atoms. The molecule has 0 radical (unpaired) electrons. The first-order valence-electron chi connectivity index (χ1n) is 5.02. The molecule has 0 unspecified atom stereocenters. The van der Waals surface area contributed by atoms with Gasteiger partial charge in [0.25, 0.3) is 5.91 Å². The molecule has 2 aromatic heterocycles. The molecule has 0 spiro atoms. The SMILES string of the molecule is Cc1n[nH]c(C)c1NC(=O)c1ccnc(Br)c1. The minimum atomic E-state index is -0.180. The first kappa shape index (κ1) is 11.8. The molecular weight excluding hydrogens is 284 g/mol. The lowest BCUT2D eigenvalue weighted by atomic mass is 10.2. The van der Waals surface area contributed by atoms with E-state index in [9.17, 15) is 4.79 Å². The van der Waals surface area contributed by atoms with Gasteiger partial charge < -0.3 is 5.32 Å². The number of pyridine rings is 1. The fourth-order valence-corrected chi connectivity index (χ4v) is 1.83. The molecule has 6 heteroatoms. The van der Waals surface area contributed by atoms with Gasteiger partial charge in [0.05, 0.1) is 17.1 Å². The number of aryl methyl sites for hydroxylation is 2. The van der Waals surface area contributed by atoms with Crippen molar-refractivity contribution in [2.75, 3.05) is 5.32 Å². The molecule has 0 aliphatic rings. The molecule has 2 N–H and O–H groups in total. The summed E-state index contributed by atoms with van der Waals surface area (Å²) in [4.78, 5) is 15.9. The Morgan fingerprint density at radius 1 is 1.47 bits per heavy atom. The predicted octanol–water partition coefficient (Wildman–Crippen LogP) is 2.44. The van der Waals surface area contributed by atoms with Gasteiger partial charge in [0.1, 0.15) is 4.60 Å². The van der Waals surface area contributed by atoms with Crippen molar-refractivity contribution in [3.63, 3.8) is 0 Å². The summed E-state index contributed by atoms with van der Waals surface area (Å²) in [5.74, 6) is -0.180. The summed E-state index contributed by atoms with van der Waals surface area (Å²) in [6, 6.07) is 3.32. The van der Waals surface area contributed by atoms with Crippen molar-refractivity contribution in [3.05, 3.63) is 39.9 Å². The molecule has 0 fully saturated rings. The second kappa shape index (κ2) is 4.67. The normalized spacial score (nSPS) is 10.3. The van der Waals surface area contributed by atoms with E-state index in [1.54, 1.807) is 18.3 Å². The predicted molar refractivity (Wildman–Crippen MR) is 68.0 cm³/mol. The van der Waals surface area contributed by atoms with Crippen LogP contribution >= 0.6 is 15.9 Å². The Kier molecular flexibility index (Phi) is 3.23. The molecule has 5 nitrogen and oxygen atoms in total. The molecule has 2 rings (SSSR count). The van der Waals surface area contributed by atoms with Gasteiger partial charge in [-0.05, 0) is 41.9 Å². The van der Waals surface area contributed by atoms with Crippen molar-refractivity contribution in [1.29, 1.82) is 0 Å². The summed E-state index contributed by atoms with van der Waals surface area (Å²) >= 11 is 3.23. The number of rotatable bonds is 2. The maximum Gasteiger partial charge on any atom is 0.255 e. The van der Waals surface area contributed by atoms with E-state index in [1.807, 2.05) is 13.8 Å². The number of aromatic nitrogens is 3. The second-order valence-electron chi connectivity index (χ2n) is 3.63. The van der Waals surface area contributed by atoms with Crippen molar-refractivity contribution in [3.8, 4) is 0 Å². The summed E-state index contributed by atoms with van der Waals surface area (Å²) < 4.78 is 0.630. The number of aromatic amines is 1. The average Bonchev–Trinajstić information content (AvgIpc) is 2.61. The molecular formula is C11H11BrN4O. The van der Waals surface area contributed by atoms with E-state index < -0.39 is 0 Å². The second-order valence-corrected chi connectivity index (χ2v) is 4.44. The van der Waals surface area contributed by atoms with Gasteiger partial charge in [-0.3, -0.25) is 9.89 Å². The van der Waals surface area contributed by atoms with Gasteiger partial charge in [-0.1, -0.05) is 0 Å². The zero-order valence-electron chi connectivity index (χ0n) is 9.41. The van der Waals surface area contributed by atoms with Gasteiger partial charge in [-0.25, -0.2) is 4.98 Å². The summed E-state index contributed by atoms with van der Waals surface area (Å²) in [5, 5.41) is 9.66. The molecule has 0 bridgehead atoms. The van der Waals surface area contributed by atoms with E-state index in [2.05, 4.69) is 36.4 Å². The third kappa shape index (κ3) is 2.52. The lowest BCUT2D eigenvalue weighted by molar-refractivity contribution is 0.102. The van der Waals surface area contributed by atoms with Crippen LogP contribution < -0.4 is 5.32 Å². The van der Waals surface area contributed by atoms with Gasteiger partial charge in [0.15, 0.2) is 0 Å². The lowest BCUT2D eigenvalue weighted by Gasteiger charge is -2.05. The van der Waals surface area contributed by atoms with Crippen LogP contribution in [-0.4, -0.2) is 21.1 Å². The third-order valence-electron chi connectivity index (χ3n) is 2.36. The van der Waals surface area contributed by atoms with Crippen LogP contribution in [0.2, 0.25) is 0 Å². The molecule has 0 saturated heterocycles. The summed E-state index contributed by atoms with van der Waals surface area (Å²) in [6.45, 7) is 3.69. The third-order valence-corrected chi connectivity index (χ3v) is 2.79. The zero-order chi connectivity index (χ0) is 12.4. The number of carbonyl (C=O) groups excluding carboxylic acids is 1. The highest BCUT2D eigenvalue weighted by atomic mass is 79.9. The van der Waals surface area contributed by atoms with Crippen LogP contribution in [0, 0.1) is 13.8 Å². The minimum absolute atomic E-state index is 0.180. The lowest BCUT2D eigenvalue weighted by Crippen LogP contribution is -2.13. The summed E-state index contributed by atoms with van der Waals surface area (Å²) in [7, 11) is 0. The highest BCUT2D eigenvalue weighted by molar-refractivity contribution is 9.10. The Labute approximate surface area is 107 Å². The van der Waals surface area contributed by atoms with Gasteiger partial charge in [-0.15, -0.1) is 0 Å². The summed E-state index contributed by atoms with van der Waals surface area (Å²) in [5.41, 5.74) is 2.88. The quantitative estimate of drug-likeness (QED) is 0.836. The number of hydrogen-bond donors (Lipinski definition) is 2. The number of nitrogens with zero attached hydrogens (tertiary/aromatic N) is 2. The Bertz CT molecular complexity index is 545. The number of amides is 1. The number of H-pyrrole nitrogens is 1. The highest BCUT2D eigenvalue weighted by Gasteiger charge is 2.12. The van der Waals surface area contributed by atoms with Crippen LogP contribution in [-0.2, 0) is 0 Å². The molecule has 0 saturated carbocycles. The molecule has 0 aromatic carbocycles. The monoisotopic (exact) mass is 294 g/mol. The number of halogens is 1. The van der Waals surface area contributed by atoms with E-state index in [1.165, 1.54) is 0 Å². The average molecular weight is 295 g/mol. The topological polar surface area (TPSA) is 70.7 Å². The largest absolute Gasteiger partial charge is 0.319 e. The van der Waals surface area contributed by atoms with Gasteiger partial charge in [-0.2, -0.15) is 5.10 Å². The van der Waals surface area contributed by atoms with Crippen LogP contribution in [0.25, 0.3) is 0 Å².